The molecular weight excluding hydrogens is 332 g/mol. The monoisotopic (exact) mass is 368 g/mol. The Morgan fingerprint density at radius 1 is 1.07 bits per heavy atom. The number of allylic oxidation sites excluding steroid dienone is 1. The van der Waals surface area contributed by atoms with Gasteiger partial charge in [0.05, 0.1) is 5.92 Å². The normalized spacial score (nSPS) is 28.0. The fraction of sp³-hybridized carbons (Fsp3) is 0.640. The van der Waals surface area contributed by atoms with E-state index in [1.165, 1.54) is 50.5 Å². The zero-order chi connectivity index (χ0) is 19.1. The summed E-state index contributed by atoms with van der Waals surface area (Å²) in [5.41, 5.74) is 1.26. The van der Waals surface area contributed by atoms with Crippen LogP contribution in [-0.2, 0) is 11.2 Å². The predicted octanol–water partition coefficient (Wildman–Crippen LogP) is 6.73. The van der Waals surface area contributed by atoms with Crippen molar-refractivity contribution in [3.63, 3.8) is 0 Å². The van der Waals surface area contributed by atoms with E-state index in [1.54, 1.807) is 0 Å². The molecule has 2 fully saturated rings. The Morgan fingerprint density at radius 3 is 2.44 bits per heavy atom. The van der Waals surface area contributed by atoms with Gasteiger partial charge in [-0.2, -0.15) is 0 Å². The standard InChI is InChI=1S/C25H36O2/c1-3-5-7-19-9-16-24(17-10-19)27-25(26)22-14-12-21(13-15-22)23-11-8-20(18-23)6-4-2/h3,9-10,16-17,20-23H,1,4-8,11-15,18H2,2H3. The molecule has 2 saturated carbocycles. The van der Waals surface area contributed by atoms with Crippen molar-refractivity contribution in [1.82, 2.24) is 0 Å². The van der Waals surface area contributed by atoms with E-state index < -0.39 is 0 Å². The highest BCUT2D eigenvalue weighted by Crippen LogP contribution is 2.44. The van der Waals surface area contributed by atoms with E-state index in [4.69, 9.17) is 4.74 Å². The molecule has 0 amide bonds. The summed E-state index contributed by atoms with van der Waals surface area (Å²) in [5.74, 6) is 3.48. The van der Waals surface area contributed by atoms with Crippen LogP contribution in [0.3, 0.4) is 0 Å². The van der Waals surface area contributed by atoms with Crippen molar-refractivity contribution in [2.75, 3.05) is 0 Å². The molecule has 0 saturated heterocycles. The number of esters is 1. The molecule has 0 N–H and O–H groups in total. The van der Waals surface area contributed by atoms with Gasteiger partial charge in [0.15, 0.2) is 0 Å². The molecule has 2 aliphatic carbocycles. The van der Waals surface area contributed by atoms with Crippen LogP contribution in [0.1, 0.15) is 76.7 Å². The van der Waals surface area contributed by atoms with Gasteiger partial charge in [0.1, 0.15) is 5.75 Å². The first-order valence-electron chi connectivity index (χ1n) is 11.1. The van der Waals surface area contributed by atoms with Crippen LogP contribution in [0.25, 0.3) is 0 Å². The Morgan fingerprint density at radius 2 is 1.78 bits per heavy atom. The third-order valence-corrected chi connectivity index (χ3v) is 6.83. The number of rotatable bonds is 8. The SMILES string of the molecule is C=CCCc1ccc(OC(=O)C2CCC(C3CCC(CCC)C3)CC2)cc1. The second-order valence-electron chi connectivity index (χ2n) is 8.73. The number of carbonyl (C=O) groups is 1. The zero-order valence-corrected chi connectivity index (χ0v) is 17.0. The van der Waals surface area contributed by atoms with Gasteiger partial charge in [-0.05, 0) is 86.8 Å². The van der Waals surface area contributed by atoms with Crippen LogP contribution in [0.15, 0.2) is 36.9 Å². The number of benzene rings is 1. The summed E-state index contributed by atoms with van der Waals surface area (Å²) in [6, 6.07) is 7.95. The fourth-order valence-electron chi connectivity index (χ4n) is 5.23. The van der Waals surface area contributed by atoms with E-state index in [-0.39, 0.29) is 11.9 Å². The number of aryl methyl sites for hydroxylation is 1. The molecule has 2 atom stereocenters. The molecule has 1 aromatic carbocycles. The second kappa shape index (κ2) is 10.1. The predicted molar refractivity (Wildman–Crippen MR) is 112 cm³/mol. The van der Waals surface area contributed by atoms with Crippen LogP contribution in [0, 0.1) is 23.7 Å². The topological polar surface area (TPSA) is 26.3 Å². The maximum absolute atomic E-state index is 12.6. The van der Waals surface area contributed by atoms with Crippen LogP contribution >= 0.6 is 0 Å². The van der Waals surface area contributed by atoms with Crippen molar-refractivity contribution < 1.29 is 9.53 Å². The lowest BCUT2D eigenvalue weighted by Crippen LogP contribution is -2.28. The molecule has 2 heteroatoms. The molecule has 0 spiro atoms. The average Bonchev–Trinajstić information content (AvgIpc) is 3.16. The molecule has 0 radical (unpaired) electrons. The fourth-order valence-corrected chi connectivity index (χ4v) is 5.23. The third-order valence-electron chi connectivity index (χ3n) is 6.83. The summed E-state index contributed by atoms with van der Waals surface area (Å²) in [5, 5.41) is 0. The quantitative estimate of drug-likeness (QED) is 0.289. The molecule has 148 valence electrons. The second-order valence-corrected chi connectivity index (χ2v) is 8.73. The molecule has 0 heterocycles. The zero-order valence-electron chi connectivity index (χ0n) is 17.0. The van der Waals surface area contributed by atoms with Gasteiger partial charge in [0.2, 0.25) is 0 Å². The van der Waals surface area contributed by atoms with Gasteiger partial charge in [0, 0.05) is 0 Å². The Kier molecular flexibility index (Phi) is 7.55. The lowest BCUT2D eigenvalue weighted by atomic mass is 9.75. The Balaban J connectivity index is 1.42. The Hall–Kier alpha value is -1.57. The average molecular weight is 369 g/mol. The van der Waals surface area contributed by atoms with Gasteiger partial charge in [0.25, 0.3) is 0 Å². The van der Waals surface area contributed by atoms with Gasteiger partial charge in [-0.3, -0.25) is 4.79 Å². The molecular formula is C25H36O2. The molecule has 0 aromatic heterocycles. The molecule has 1 aromatic rings. The summed E-state index contributed by atoms with van der Waals surface area (Å²) in [6.07, 6.45) is 15.4. The highest BCUT2D eigenvalue weighted by molar-refractivity contribution is 5.75. The van der Waals surface area contributed by atoms with Crippen LogP contribution < -0.4 is 4.74 Å². The summed E-state index contributed by atoms with van der Waals surface area (Å²) in [4.78, 5) is 12.6. The van der Waals surface area contributed by atoms with E-state index in [0.29, 0.717) is 5.75 Å². The van der Waals surface area contributed by atoms with Gasteiger partial charge >= 0.3 is 5.97 Å². The van der Waals surface area contributed by atoms with Gasteiger partial charge in [-0.1, -0.05) is 44.4 Å². The lowest BCUT2D eigenvalue weighted by Gasteiger charge is -2.31. The number of hydrogen-bond donors (Lipinski definition) is 0. The Bertz CT molecular complexity index is 595. The first-order valence-corrected chi connectivity index (χ1v) is 11.1. The first kappa shape index (κ1) is 20.2. The molecule has 3 rings (SSSR count). The van der Waals surface area contributed by atoms with E-state index >= 15 is 0 Å². The van der Waals surface area contributed by atoms with E-state index in [0.717, 1.165) is 43.4 Å². The van der Waals surface area contributed by atoms with Crippen LogP contribution in [-0.4, -0.2) is 5.97 Å². The molecule has 2 aliphatic rings. The molecule has 2 unspecified atom stereocenters. The molecule has 0 bridgehead atoms. The minimum Gasteiger partial charge on any atom is -0.426 e. The van der Waals surface area contributed by atoms with E-state index in [9.17, 15) is 4.79 Å². The van der Waals surface area contributed by atoms with Crippen molar-refractivity contribution >= 4 is 5.97 Å². The van der Waals surface area contributed by atoms with Crippen molar-refractivity contribution in [2.24, 2.45) is 23.7 Å². The number of carbonyl (C=O) groups excluding carboxylic acids is 1. The van der Waals surface area contributed by atoms with Crippen molar-refractivity contribution in [1.29, 1.82) is 0 Å². The summed E-state index contributed by atoms with van der Waals surface area (Å²) in [6.45, 7) is 6.06. The summed E-state index contributed by atoms with van der Waals surface area (Å²) < 4.78 is 5.66. The molecule has 2 nitrogen and oxygen atoms in total. The van der Waals surface area contributed by atoms with Crippen molar-refractivity contribution in [2.45, 2.75) is 77.6 Å². The number of hydrogen-bond acceptors (Lipinski definition) is 2. The highest BCUT2D eigenvalue weighted by atomic mass is 16.5. The largest absolute Gasteiger partial charge is 0.426 e. The van der Waals surface area contributed by atoms with Gasteiger partial charge < -0.3 is 4.74 Å². The maximum atomic E-state index is 12.6. The minimum absolute atomic E-state index is 0.0254. The molecule has 27 heavy (non-hydrogen) atoms. The maximum Gasteiger partial charge on any atom is 0.314 e. The molecule has 0 aliphatic heterocycles. The van der Waals surface area contributed by atoms with Crippen LogP contribution in [0.5, 0.6) is 5.75 Å². The number of ether oxygens (including phenoxy) is 1. The lowest BCUT2D eigenvalue weighted by molar-refractivity contribution is -0.140. The highest BCUT2D eigenvalue weighted by Gasteiger charge is 2.35. The van der Waals surface area contributed by atoms with Crippen molar-refractivity contribution in [3.05, 3.63) is 42.5 Å². The van der Waals surface area contributed by atoms with Gasteiger partial charge in [-0.15, -0.1) is 6.58 Å². The summed E-state index contributed by atoms with van der Waals surface area (Å²) >= 11 is 0. The Labute approximate surface area is 165 Å². The van der Waals surface area contributed by atoms with E-state index in [1.807, 2.05) is 18.2 Å². The van der Waals surface area contributed by atoms with Gasteiger partial charge in [-0.25, -0.2) is 0 Å². The third kappa shape index (κ3) is 5.70. The van der Waals surface area contributed by atoms with Crippen LogP contribution in [0.2, 0.25) is 0 Å². The first-order chi connectivity index (χ1) is 13.2. The van der Waals surface area contributed by atoms with E-state index in [2.05, 4.69) is 25.6 Å². The van der Waals surface area contributed by atoms with Crippen LogP contribution in [0.4, 0.5) is 0 Å². The minimum atomic E-state index is -0.0254. The summed E-state index contributed by atoms with van der Waals surface area (Å²) in [7, 11) is 0. The van der Waals surface area contributed by atoms with Crippen molar-refractivity contribution in [3.8, 4) is 5.75 Å². The smallest absolute Gasteiger partial charge is 0.314 e.